The first kappa shape index (κ1) is 15.7. The molecule has 2 N–H and O–H groups in total. The zero-order chi connectivity index (χ0) is 14.5. The topological polar surface area (TPSA) is 83.5 Å². The first-order chi connectivity index (χ1) is 8.84. The highest BCUT2D eigenvalue weighted by atomic mass is 35.5. The van der Waals surface area contributed by atoms with E-state index in [1.54, 1.807) is 31.2 Å². The van der Waals surface area contributed by atoms with Crippen molar-refractivity contribution in [2.24, 2.45) is 0 Å². The van der Waals surface area contributed by atoms with Crippen molar-refractivity contribution >= 4 is 33.7 Å². The van der Waals surface area contributed by atoms with Gasteiger partial charge in [-0.2, -0.15) is 4.72 Å². The molecule has 19 heavy (non-hydrogen) atoms. The van der Waals surface area contributed by atoms with Gasteiger partial charge < -0.3 is 5.11 Å². The van der Waals surface area contributed by atoms with Gasteiger partial charge in [-0.3, -0.25) is 4.79 Å². The van der Waals surface area contributed by atoms with Crippen LogP contribution in [0.5, 0.6) is 0 Å². The number of carbonyl (C=O) groups is 1. The predicted octanol–water partition coefficient (Wildman–Crippen LogP) is 2.09. The number of carboxylic acids is 1. The lowest BCUT2D eigenvalue weighted by Crippen LogP contribution is -2.39. The van der Waals surface area contributed by atoms with Gasteiger partial charge in [0.2, 0.25) is 10.0 Å². The van der Waals surface area contributed by atoms with Crippen molar-refractivity contribution in [2.45, 2.75) is 19.4 Å². The van der Waals surface area contributed by atoms with Gasteiger partial charge in [0.05, 0.1) is 0 Å². The fourth-order valence-corrected chi connectivity index (χ4v) is 2.49. The second-order valence-corrected chi connectivity index (χ2v) is 5.85. The molecule has 0 fully saturated rings. The number of nitrogens with one attached hydrogen (secondary N) is 1. The standard InChI is InChI=1S/C12H14ClNO4S/c1-2-11(12(15)16)14-19(17,18)8-7-9-3-5-10(13)6-4-9/h3-8,11,14H,2H2,1H3,(H,15,16)/b8-7+. The van der Waals surface area contributed by atoms with E-state index < -0.39 is 22.0 Å². The highest BCUT2D eigenvalue weighted by Gasteiger charge is 2.20. The maximum Gasteiger partial charge on any atom is 0.321 e. The third-order valence-corrected chi connectivity index (χ3v) is 3.68. The lowest BCUT2D eigenvalue weighted by molar-refractivity contribution is -0.139. The summed E-state index contributed by atoms with van der Waals surface area (Å²) in [6.07, 6.45) is 1.54. The molecule has 0 aliphatic carbocycles. The molecule has 104 valence electrons. The Kier molecular flexibility index (Phi) is 5.53. The number of hydrogen-bond acceptors (Lipinski definition) is 3. The Morgan fingerprint density at radius 3 is 2.47 bits per heavy atom. The molecule has 5 nitrogen and oxygen atoms in total. The molecule has 1 aromatic rings. The van der Waals surface area contributed by atoms with Crippen LogP contribution >= 0.6 is 11.6 Å². The molecule has 7 heteroatoms. The maximum absolute atomic E-state index is 11.7. The quantitative estimate of drug-likeness (QED) is 0.843. The number of hydrogen-bond donors (Lipinski definition) is 2. The largest absolute Gasteiger partial charge is 0.480 e. The van der Waals surface area contributed by atoms with Crippen LogP contribution in [0.4, 0.5) is 0 Å². The number of benzene rings is 1. The third-order valence-electron chi connectivity index (χ3n) is 2.32. The van der Waals surface area contributed by atoms with Gasteiger partial charge in [-0.05, 0) is 30.2 Å². The summed E-state index contributed by atoms with van der Waals surface area (Å²) in [7, 11) is -3.79. The average Bonchev–Trinajstić information content (AvgIpc) is 2.35. The van der Waals surface area contributed by atoms with Crippen molar-refractivity contribution in [1.29, 1.82) is 0 Å². The molecule has 0 aliphatic heterocycles. The summed E-state index contributed by atoms with van der Waals surface area (Å²) in [5.41, 5.74) is 0.651. The molecule has 1 rings (SSSR count). The van der Waals surface area contributed by atoms with Gasteiger partial charge in [0, 0.05) is 10.4 Å². The Morgan fingerprint density at radius 1 is 1.42 bits per heavy atom. The van der Waals surface area contributed by atoms with E-state index in [0.717, 1.165) is 5.41 Å². The Hall–Kier alpha value is -1.37. The van der Waals surface area contributed by atoms with Crippen molar-refractivity contribution in [3.8, 4) is 0 Å². The number of aliphatic carboxylic acids is 1. The van der Waals surface area contributed by atoms with E-state index in [4.69, 9.17) is 16.7 Å². The van der Waals surface area contributed by atoms with E-state index in [2.05, 4.69) is 4.72 Å². The molecule has 0 saturated heterocycles. The molecular weight excluding hydrogens is 290 g/mol. The van der Waals surface area contributed by atoms with Crippen LogP contribution in [-0.2, 0) is 14.8 Å². The smallest absolute Gasteiger partial charge is 0.321 e. The van der Waals surface area contributed by atoms with Crippen LogP contribution in [0.1, 0.15) is 18.9 Å². The van der Waals surface area contributed by atoms with Gasteiger partial charge in [-0.25, -0.2) is 8.42 Å². The third kappa shape index (κ3) is 5.42. The summed E-state index contributed by atoms with van der Waals surface area (Å²) in [5.74, 6) is -1.20. The molecule has 0 aliphatic rings. The van der Waals surface area contributed by atoms with Gasteiger partial charge in [0.15, 0.2) is 0 Å². The Morgan fingerprint density at radius 2 is 2.00 bits per heavy atom. The molecule has 1 atom stereocenters. The van der Waals surface area contributed by atoms with Crippen LogP contribution in [-0.4, -0.2) is 25.5 Å². The zero-order valence-corrected chi connectivity index (χ0v) is 11.8. The number of rotatable bonds is 6. The monoisotopic (exact) mass is 303 g/mol. The fourth-order valence-electron chi connectivity index (χ4n) is 1.29. The van der Waals surface area contributed by atoms with E-state index in [0.29, 0.717) is 10.6 Å². The highest BCUT2D eigenvalue weighted by Crippen LogP contribution is 2.11. The summed E-state index contributed by atoms with van der Waals surface area (Å²) in [6, 6.07) is 5.45. The Labute approximate surface area is 117 Å². The summed E-state index contributed by atoms with van der Waals surface area (Å²) in [4.78, 5) is 10.8. The second-order valence-electron chi connectivity index (χ2n) is 3.82. The average molecular weight is 304 g/mol. The van der Waals surface area contributed by atoms with Crippen LogP contribution in [0.25, 0.3) is 6.08 Å². The lowest BCUT2D eigenvalue weighted by atomic mass is 10.2. The lowest BCUT2D eigenvalue weighted by Gasteiger charge is -2.09. The molecule has 0 spiro atoms. The van der Waals surface area contributed by atoms with E-state index in [-0.39, 0.29) is 6.42 Å². The zero-order valence-electron chi connectivity index (χ0n) is 10.2. The van der Waals surface area contributed by atoms with Crippen molar-refractivity contribution in [1.82, 2.24) is 4.72 Å². The van der Waals surface area contributed by atoms with Gasteiger partial charge in [-0.1, -0.05) is 30.7 Å². The molecule has 0 radical (unpaired) electrons. The first-order valence-corrected chi connectivity index (χ1v) is 7.45. The van der Waals surface area contributed by atoms with Crippen LogP contribution in [0.3, 0.4) is 0 Å². The summed E-state index contributed by atoms with van der Waals surface area (Å²) in [5, 5.41) is 10.3. The first-order valence-electron chi connectivity index (χ1n) is 5.53. The minimum atomic E-state index is -3.79. The van der Waals surface area contributed by atoms with Gasteiger partial charge in [-0.15, -0.1) is 0 Å². The SMILES string of the molecule is CCC(NS(=O)(=O)/C=C/c1ccc(Cl)cc1)C(=O)O. The van der Waals surface area contributed by atoms with Gasteiger partial charge >= 0.3 is 5.97 Å². The van der Waals surface area contributed by atoms with E-state index >= 15 is 0 Å². The predicted molar refractivity (Wildman–Crippen MR) is 74.3 cm³/mol. The van der Waals surface area contributed by atoms with Crippen LogP contribution in [0.15, 0.2) is 29.7 Å². The molecular formula is C12H14ClNO4S. The molecule has 0 heterocycles. The Bertz CT molecular complexity index is 566. The Balaban J connectivity index is 2.79. The summed E-state index contributed by atoms with van der Waals surface area (Å²) in [6.45, 7) is 1.59. The molecule has 0 bridgehead atoms. The second kappa shape index (κ2) is 6.70. The molecule has 0 amide bonds. The molecule has 0 aromatic heterocycles. The highest BCUT2D eigenvalue weighted by molar-refractivity contribution is 7.92. The number of halogens is 1. The van der Waals surface area contributed by atoms with Crippen LogP contribution < -0.4 is 4.72 Å². The molecule has 1 unspecified atom stereocenters. The van der Waals surface area contributed by atoms with Crippen molar-refractivity contribution < 1.29 is 18.3 Å². The molecule has 1 aromatic carbocycles. The number of carboxylic acid groups (broad SMARTS) is 1. The van der Waals surface area contributed by atoms with Crippen molar-refractivity contribution in [2.75, 3.05) is 0 Å². The van der Waals surface area contributed by atoms with Gasteiger partial charge in [0.1, 0.15) is 6.04 Å². The van der Waals surface area contributed by atoms with E-state index in [1.807, 2.05) is 0 Å². The van der Waals surface area contributed by atoms with Crippen LogP contribution in [0, 0.1) is 0 Å². The minimum Gasteiger partial charge on any atom is -0.480 e. The number of sulfonamides is 1. The minimum absolute atomic E-state index is 0.170. The van der Waals surface area contributed by atoms with Crippen molar-refractivity contribution in [3.63, 3.8) is 0 Å². The fraction of sp³-hybridized carbons (Fsp3) is 0.250. The van der Waals surface area contributed by atoms with E-state index in [9.17, 15) is 13.2 Å². The van der Waals surface area contributed by atoms with Gasteiger partial charge in [0.25, 0.3) is 0 Å². The van der Waals surface area contributed by atoms with Crippen molar-refractivity contribution in [3.05, 3.63) is 40.3 Å². The summed E-state index contributed by atoms with van der Waals surface area (Å²) < 4.78 is 25.4. The van der Waals surface area contributed by atoms with Crippen LogP contribution in [0.2, 0.25) is 5.02 Å². The summed E-state index contributed by atoms with van der Waals surface area (Å²) >= 11 is 5.70. The normalized spacial score (nSPS) is 13.6. The van der Waals surface area contributed by atoms with E-state index in [1.165, 1.54) is 6.08 Å². The maximum atomic E-state index is 11.7. The molecule has 0 saturated carbocycles.